The van der Waals surface area contributed by atoms with Gasteiger partial charge in [0.1, 0.15) is 0 Å². The fraction of sp³-hybridized carbons (Fsp3) is 0.778. The van der Waals surface area contributed by atoms with Gasteiger partial charge in [0.2, 0.25) is 11.8 Å². The highest BCUT2D eigenvalue weighted by Crippen LogP contribution is 2.47. The highest BCUT2D eigenvalue weighted by atomic mass is 32.1. The Bertz CT molecular complexity index is 246. The van der Waals surface area contributed by atoms with Crippen molar-refractivity contribution >= 4 is 24.4 Å². The van der Waals surface area contributed by atoms with E-state index in [0.29, 0.717) is 18.2 Å². The molecule has 0 N–H and O–H groups in total. The predicted molar refractivity (Wildman–Crippen MR) is 51.3 cm³/mol. The Kier molecular flexibility index (Phi) is 2.10. The van der Waals surface area contributed by atoms with E-state index in [0.717, 1.165) is 6.42 Å². The number of rotatable bonds is 3. The molecule has 0 spiro atoms. The van der Waals surface area contributed by atoms with Gasteiger partial charge < -0.3 is 0 Å². The van der Waals surface area contributed by atoms with Crippen LogP contribution in [0.1, 0.15) is 13.3 Å². The summed E-state index contributed by atoms with van der Waals surface area (Å²) >= 11 is 4.13. The number of carbonyl (C=O) groups is 2. The highest BCUT2D eigenvalue weighted by Gasteiger charge is 2.58. The zero-order chi connectivity index (χ0) is 9.59. The lowest BCUT2D eigenvalue weighted by Gasteiger charge is -2.19. The number of piperidine rings is 1. The van der Waals surface area contributed by atoms with E-state index in [-0.39, 0.29) is 23.7 Å². The standard InChI is InChI=1S/C9H13NO2S/c1-5(4-13)3-10-8(11)6-2-7(6)9(10)12/h5-7,13H,2-4H2,1H3. The Morgan fingerprint density at radius 1 is 1.46 bits per heavy atom. The number of imide groups is 1. The second-order valence-electron chi connectivity index (χ2n) is 4.02. The summed E-state index contributed by atoms with van der Waals surface area (Å²) in [4.78, 5) is 24.4. The molecule has 2 amide bonds. The third kappa shape index (κ3) is 1.37. The van der Waals surface area contributed by atoms with Gasteiger partial charge in [0.25, 0.3) is 0 Å². The highest BCUT2D eigenvalue weighted by molar-refractivity contribution is 7.80. The maximum Gasteiger partial charge on any atom is 0.233 e. The number of amides is 2. The average Bonchev–Trinajstić information content (AvgIpc) is 2.86. The predicted octanol–water partition coefficient (Wildman–Crippen LogP) is 0.557. The summed E-state index contributed by atoms with van der Waals surface area (Å²) in [5.74, 6) is 1.19. The van der Waals surface area contributed by atoms with E-state index in [2.05, 4.69) is 12.6 Å². The summed E-state index contributed by atoms with van der Waals surface area (Å²) in [6, 6.07) is 0. The Hall–Kier alpha value is -0.510. The van der Waals surface area contributed by atoms with E-state index < -0.39 is 0 Å². The van der Waals surface area contributed by atoms with Gasteiger partial charge >= 0.3 is 0 Å². The third-order valence-corrected chi connectivity index (χ3v) is 3.39. The van der Waals surface area contributed by atoms with E-state index in [9.17, 15) is 9.59 Å². The molecule has 1 aliphatic heterocycles. The smallest absolute Gasteiger partial charge is 0.233 e. The monoisotopic (exact) mass is 199 g/mol. The zero-order valence-electron chi connectivity index (χ0n) is 7.56. The van der Waals surface area contributed by atoms with Crippen molar-refractivity contribution in [1.29, 1.82) is 0 Å². The molecule has 3 atom stereocenters. The molecule has 1 saturated carbocycles. The van der Waals surface area contributed by atoms with E-state index in [1.165, 1.54) is 4.90 Å². The molecule has 4 heteroatoms. The Morgan fingerprint density at radius 3 is 2.46 bits per heavy atom. The van der Waals surface area contributed by atoms with Crippen LogP contribution in [0.5, 0.6) is 0 Å². The first kappa shape index (κ1) is 9.06. The molecule has 0 bridgehead atoms. The molecule has 3 nitrogen and oxygen atoms in total. The lowest BCUT2D eigenvalue weighted by molar-refractivity contribution is -0.141. The lowest BCUT2D eigenvalue weighted by atomic mass is 10.2. The van der Waals surface area contributed by atoms with Crippen LogP contribution in [-0.4, -0.2) is 29.0 Å². The van der Waals surface area contributed by atoms with E-state index in [1.54, 1.807) is 0 Å². The Labute approximate surface area is 82.9 Å². The third-order valence-electron chi connectivity index (χ3n) is 2.76. The average molecular weight is 199 g/mol. The molecular weight excluding hydrogens is 186 g/mol. The van der Waals surface area contributed by atoms with E-state index >= 15 is 0 Å². The summed E-state index contributed by atoms with van der Waals surface area (Å²) in [6.45, 7) is 2.55. The molecule has 72 valence electrons. The van der Waals surface area contributed by atoms with Crippen molar-refractivity contribution in [2.24, 2.45) is 17.8 Å². The molecule has 2 rings (SSSR count). The van der Waals surface area contributed by atoms with Gasteiger partial charge in [-0.15, -0.1) is 0 Å². The van der Waals surface area contributed by atoms with Crippen LogP contribution in [0.15, 0.2) is 0 Å². The minimum Gasteiger partial charge on any atom is -0.282 e. The fourth-order valence-electron chi connectivity index (χ4n) is 1.80. The lowest BCUT2D eigenvalue weighted by Crippen LogP contribution is -2.36. The molecule has 0 radical (unpaired) electrons. The molecule has 1 saturated heterocycles. The van der Waals surface area contributed by atoms with Crippen molar-refractivity contribution in [3.8, 4) is 0 Å². The molecule has 2 fully saturated rings. The Morgan fingerprint density at radius 2 is 2.00 bits per heavy atom. The quantitative estimate of drug-likeness (QED) is 0.532. The number of likely N-dealkylation sites (tertiary alicyclic amines) is 1. The van der Waals surface area contributed by atoms with Gasteiger partial charge in [-0.3, -0.25) is 14.5 Å². The summed E-state index contributed by atoms with van der Waals surface area (Å²) < 4.78 is 0. The summed E-state index contributed by atoms with van der Waals surface area (Å²) in [7, 11) is 0. The fourth-order valence-corrected chi connectivity index (χ4v) is 1.91. The van der Waals surface area contributed by atoms with Crippen molar-refractivity contribution in [2.75, 3.05) is 12.3 Å². The van der Waals surface area contributed by atoms with Gasteiger partial charge in [-0.25, -0.2) is 0 Å². The minimum atomic E-state index is 0.0413. The second kappa shape index (κ2) is 3.01. The summed E-state index contributed by atoms with van der Waals surface area (Å²) in [5.41, 5.74) is 0. The number of hydrogen-bond acceptors (Lipinski definition) is 3. The first-order chi connectivity index (χ1) is 6.15. The normalized spacial score (nSPS) is 33.5. The van der Waals surface area contributed by atoms with Crippen LogP contribution in [-0.2, 0) is 9.59 Å². The summed E-state index contributed by atoms with van der Waals surface area (Å²) in [5, 5.41) is 0. The summed E-state index contributed by atoms with van der Waals surface area (Å²) in [6.07, 6.45) is 0.795. The van der Waals surface area contributed by atoms with Crippen molar-refractivity contribution in [3.63, 3.8) is 0 Å². The van der Waals surface area contributed by atoms with Crippen LogP contribution in [0.25, 0.3) is 0 Å². The molecular formula is C9H13NO2S. The largest absolute Gasteiger partial charge is 0.282 e. The van der Waals surface area contributed by atoms with Crippen molar-refractivity contribution in [1.82, 2.24) is 4.90 Å². The second-order valence-corrected chi connectivity index (χ2v) is 4.39. The van der Waals surface area contributed by atoms with Crippen LogP contribution >= 0.6 is 12.6 Å². The van der Waals surface area contributed by atoms with Gasteiger partial charge in [0.05, 0.1) is 11.8 Å². The minimum absolute atomic E-state index is 0.0413. The van der Waals surface area contributed by atoms with E-state index in [1.807, 2.05) is 6.92 Å². The van der Waals surface area contributed by atoms with Crippen molar-refractivity contribution in [3.05, 3.63) is 0 Å². The maximum atomic E-state index is 11.5. The zero-order valence-corrected chi connectivity index (χ0v) is 8.46. The van der Waals surface area contributed by atoms with Crippen LogP contribution < -0.4 is 0 Å². The number of thiol groups is 1. The van der Waals surface area contributed by atoms with Gasteiger partial charge in [0, 0.05) is 6.54 Å². The van der Waals surface area contributed by atoms with Crippen molar-refractivity contribution in [2.45, 2.75) is 13.3 Å². The molecule has 3 unspecified atom stereocenters. The number of carbonyl (C=O) groups excluding carboxylic acids is 2. The van der Waals surface area contributed by atoms with Crippen LogP contribution in [0.4, 0.5) is 0 Å². The molecule has 0 aromatic heterocycles. The molecule has 2 aliphatic rings. The molecule has 1 aliphatic carbocycles. The van der Waals surface area contributed by atoms with Crippen LogP contribution in [0.3, 0.4) is 0 Å². The SMILES string of the molecule is CC(CS)CN1C(=O)C2CC2C1=O. The molecule has 1 heterocycles. The van der Waals surface area contributed by atoms with Crippen molar-refractivity contribution < 1.29 is 9.59 Å². The maximum absolute atomic E-state index is 11.5. The number of fused-ring (bicyclic) bond motifs is 1. The molecule has 0 aromatic carbocycles. The molecule has 13 heavy (non-hydrogen) atoms. The van der Waals surface area contributed by atoms with Gasteiger partial charge in [-0.2, -0.15) is 12.6 Å². The van der Waals surface area contributed by atoms with E-state index in [4.69, 9.17) is 0 Å². The first-order valence-electron chi connectivity index (χ1n) is 4.61. The Balaban J connectivity index is 2.00. The van der Waals surface area contributed by atoms with Crippen LogP contribution in [0, 0.1) is 17.8 Å². The first-order valence-corrected chi connectivity index (χ1v) is 5.24. The van der Waals surface area contributed by atoms with Gasteiger partial charge in [-0.05, 0) is 18.1 Å². The van der Waals surface area contributed by atoms with Gasteiger partial charge in [0.15, 0.2) is 0 Å². The van der Waals surface area contributed by atoms with Gasteiger partial charge in [-0.1, -0.05) is 6.92 Å². The van der Waals surface area contributed by atoms with Crippen LogP contribution in [0.2, 0.25) is 0 Å². The number of nitrogens with zero attached hydrogens (tertiary/aromatic N) is 1. The number of hydrogen-bond donors (Lipinski definition) is 1. The topological polar surface area (TPSA) is 37.4 Å². The molecule has 0 aromatic rings.